The molecule has 0 bridgehead atoms. The summed E-state index contributed by atoms with van der Waals surface area (Å²) in [5, 5.41) is 8.49. The zero-order valence-electron chi connectivity index (χ0n) is 11.3. The van der Waals surface area contributed by atoms with Gasteiger partial charge in [0.1, 0.15) is 23.9 Å². The number of rotatable bonds is 4. The molecule has 0 radical (unpaired) electrons. The lowest BCUT2D eigenvalue weighted by Crippen LogP contribution is -2.16. The molecule has 0 saturated heterocycles. The fourth-order valence-electron chi connectivity index (χ4n) is 2.15. The maximum Gasteiger partial charge on any atom is 0.142 e. The van der Waals surface area contributed by atoms with Crippen LogP contribution < -0.4 is 10.5 Å². The van der Waals surface area contributed by atoms with Gasteiger partial charge >= 0.3 is 0 Å². The number of nitrogen functional groups attached to an aromatic ring is 1. The number of nitrogens with zero attached hydrogens (tertiary/aromatic N) is 2. The Morgan fingerprint density at radius 2 is 1.86 bits per heavy atom. The van der Waals surface area contributed by atoms with Crippen molar-refractivity contribution in [1.29, 1.82) is 5.41 Å². The molecular weight excluding hydrogens is 264 g/mol. The third-order valence-corrected chi connectivity index (χ3v) is 3.14. The smallest absolute Gasteiger partial charge is 0.142 e. The maximum absolute atomic E-state index is 7.54. The average molecular weight is 278 g/mol. The zero-order valence-corrected chi connectivity index (χ0v) is 11.3. The van der Waals surface area contributed by atoms with Gasteiger partial charge in [-0.3, -0.25) is 15.4 Å². The van der Waals surface area contributed by atoms with E-state index in [4.69, 9.17) is 15.9 Å². The number of amidine groups is 1. The third kappa shape index (κ3) is 2.67. The first kappa shape index (κ1) is 13.1. The fourth-order valence-corrected chi connectivity index (χ4v) is 2.15. The Balaban J connectivity index is 1.89. The number of fused-ring (bicyclic) bond motifs is 1. The van der Waals surface area contributed by atoms with E-state index in [0.29, 0.717) is 12.3 Å². The van der Waals surface area contributed by atoms with Gasteiger partial charge in [-0.15, -0.1) is 0 Å². The third-order valence-electron chi connectivity index (χ3n) is 3.14. The van der Waals surface area contributed by atoms with E-state index in [-0.39, 0.29) is 5.84 Å². The Labute approximate surface area is 121 Å². The van der Waals surface area contributed by atoms with Gasteiger partial charge in [-0.1, -0.05) is 12.1 Å². The van der Waals surface area contributed by atoms with Crippen LogP contribution in [-0.2, 0) is 6.61 Å². The molecule has 2 aromatic heterocycles. The SMILES string of the molecule is N=C(N)c1ncccc1COc1cccc2ncccc12. The van der Waals surface area contributed by atoms with Gasteiger partial charge in [0.25, 0.3) is 0 Å². The molecule has 5 nitrogen and oxygen atoms in total. The summed E-state index contributed by atoms with van der Waals surface area (Å²) in [5.41, 5.74) is 7.65. The van der Waals surface area contributed by atoms with Crippen LogP contribution in [0.4, 0.5) is 0 Å². The second kappa shape index (κ2) is 5.58. The summed E-state index contributed by atoms with van der Waals surface area (Å²) in [6, 6.07) is 13.2. The summed E-state index contributed by atoms with van der Waals surface area (Å²) in [7, 11) is 0. The lowest BCUT2D eigenvalue weighted by molar-refractivity contribution is 0.309. The molecule has 0 amide bonds. The summed E-state index contributed by atoms with van der Waals surface area (Å²) in [4.78, 5) is 8.41. The van der Waals surface area contributed by atoms with Crippen molar-refractivity contribution >= 4 is 16.7 Å². The topological polar surface area (TPSA) is 84.9 Å². The molecule has 0 aliphatic carbocycles. The minimum absolute atomic E-state index is 0.0613. The lowest BCUT2D eigenvalue weighted by atomic mass is 10.2. The Kier molecular flexibility index (Phi) is 3.47. The van der Waals surface area contributed by atoms with E-state index in [2.05, 4.69) is 9.97 Å². The van der Waals surface area contributed by atoms with Crippen LogP contribution >= 0.6 is 0 Å². The maximum atomic E-state index is 7.54. The molecule has 21 heavy (non-hydrogen) atoms. The van der Waals surface area contributed by atoms with Crippen molar-refractivity contribution in [2.75, 3.05) is 0 Å². The van der Waals surface area contributed by atoms with Crippen LogP contribution in [0.3, 0.4) is 0 Å². The van der Waals surface area contributed by atoms with Crippen molar-refractivity contribution in [3.63, 3.8) is 0 Å². The summed E-state index contributed by atoms with van der Waals surface area (Å²) in [6.45, 7) is 0.302. The van der Waals surface area contributed by atoms with Crippen molar-refractivity contribution < 1.29 is 4.74 Å². The summed E-state index contributed by atoms with van der Waals surface area (Å²) >= 11 is 0. The predicted octanol–water partition coefficient (Wildman–Crippen LogP) is 2.49. The van der Waals surface area contributed by atoms with E-state index >= 15 is 0 Å². The van der Waals surface area contributed by atoms with Crippen LogP contribution in [0.15, 0.2) is 54.9 Å². The highest BCUT2D eigenvalue weighted by molar-refractivity contribution is 5.94. The van der Waals surface area contributed by atoms with Crippen LogP contribution in [0.5, 0.6) is 5.75 Å². The molecule has 0 fully saturated rings. The van der Waals surface area contributed by atoms with E-state index in [0.717, 1.165) is 22.2 Å². The molecule has 3 aromatic rings. The molecule has 0 aliphatic heterocycles. The van der Waals surface area contributed by atoms with Gasteiger partial charge in [-0.25, -0.2) is 0 Å². The van der Waals surface area contributed by atoms with Gasteiger partial charge in [0.2, 0.25) is 0 Å². The van der Waals surface area contributed by atoms with E-state index in [1.54, 1.807) is 18.5 Å². The molecule has 0 spiro atoms. The van der Waals surface area contributed by atoms with Gasteiger partial charge < -0.3 is 10.5 Å². The van der Waals surface area contributed by atoms with Gasteiger partial charge in [-0.05, 0) is 30.3 Å². The van der Waals surface area contributed by atoms with Crippen molar-refractivity contribution in [3.05, 3.63) is 66.1 Å². The second-order valence-electron chi connectivity index (χ2n) is 4.54. The number of nitrogens with one attached hydrogen (secondary N) is 1. The molecule has 3 rings (SSSR count). The summed E-state index contributed by atoms with van der Waals surface area (Å²) < 4.78 is 5.86. The van der Waals surface area contributed by atoms with Gasteiger partial charge in [0.05, 0.1) is 5.52 Å². The van der Waals surface area contributed by atoms with Crippen LogP contribution in [0.2, 0.25) is 0 Å². The highest BCUT2D eigenvalue weighted by Gasteiger charge is 2.08. The molecule has 0 aliphatic rings. The molecule has 0 atom stereocenters. The summed E-state index contributed by atoms with van der Waals surface area (Å²) in [6.07, 6.45) is 3.36. The number of aromatic nitrogens is 2. The highest BCUT2D eigenvalue weighted by atomic mass is 16.5. The van der Waals surface area contributed by atoms with Gasteiger partial charge in [0, 0.05) is 23.3 Å². The van der Waals surface area contributed by atoms with Crippen LogP contribution in [-0.4, -0.2) is 15.8 Å². The Morgan fingerprint density at radius 3 is 2.71 bits per heavy atom. The average Bonchev–Trinajstić information content (AvgIpc) is 2.53. The minimum atomic E-state index is -0.0613. The van der Waals surface area contributed by atoms with Gasteiger partial charge in [-0.2, -0.15) is 0 Å². The Morgan fingerprint density at radius 1 is 1.05 bits per heavy atom. The largest absolute Gasteiger partial charge is 0.488 e. The van der Waals surface area contributed by atoms with Crippen LogP contribution in [0, 0.1) is 5.41 Å². The van der Waals surface area contributed by atoms with E-state index in [1.807, 2.05) is 36.4 Å². The number of benzene rings is 1. The van der Waals surface area contributed by atoms with Crippen molar-refractivity contribution in [3.8, 4) is 5.75 Å². The minimum Gasteiger partial charge on any atom is -0.488 e. The van der Waals surface area contributed by atoms with E-state index in [9.17, 15) is 0 Å². The summed E-state index contributed by atoms with van der Waals surface area (Å²) in [5.74, 6) is 0.688. The highest BCUT2D eigenvalue weighted by Crippen LogP contribution is 2.24. The quantitative estimate of drug-likeness (QED) is 0.567. The first-order chi connectivity index (χ1) is 10.3. The van der Waals surface area contributed by atoms with E-state index in [1.165, 1.54) is 0 Å². The molecule has 2 heterocycles. The molecule has 104 valence electrons. The zero-order chi connectivity index (χ0) is 14.7. The standard InChI is InChI=1S/C16H14N4O/c17-16(18)15-11(4-2-9-20-15)10-21-14-7-1-6-13-12(14)5-3-8-19-13/h1-9H,10H2,(H3,17,18). The number of nitrogens with two attached hydrogens (primary N) is 1. The van der Waals surface area contributed by atoms with Crippen molar-refractivity contribution in [2.45, 2.75) is 6.61 Å². The van der Waals surface area contributed by atoms with Crippen LogP contribution in [0.1, 0.15) is 11.3 Å². The number of pyridine rings is 2. The number of hydrogen-bond acceptors (Lipinski definition) is 4. The molecular formula is C16H14N4O. The predicted molar refractivity (Wildman–Crippen MR) is 81.3 cm³/mol. The monoisotopic (exact) mass is 278 g/mol. The second-order valence-corrected chi connectivity index (χ2v) is 4.54. The van der Waals surface area contributed by atoms with Crippen LogP contribution in [0.25, 0.3) is 10.9 Å². The molecule has 5 heteroatoms. The Bertz CT molecular complexity index is 796. The Hall–Kier alpha value is -2.95. The lowest BCUT2D eigenvalue weighted by Gasteiger charge is -2.11. The normalized spacial score (nSPS) is 10.5. The molecule has 0 saturated carbocycles. The number of ether oxygens (including phenoxy) is 1. The molecule has 0 unspecified atom stereocenters. The van der Waals surface area contributed by atoms with Crippen molar-refractivity contribution in [2.24, 2.45) is 5.73 Å². The number of hydrogen-bond donors (Lipinski definition) is 2. The first-order valence-corrected chi connectivity index (χ1v) is 6.50. The molecule has 3 N–H and O–H groups in total. The molecule has 1 aromatic carbocycles. The fraction of sp³-hybridized carbons (Fsp3) is 0.0625. The van der Waals surface area contributed by atoms with Gasteiger partial charge in [0.15, 0.2) is 0 Å². The van der Waals surface area contributed by atoms with E-state index < -0.39 is 0 Å². The van der Waals surface area contributed by atoms with Crippen molar-refractivity contribution in [1.82, 2.24) is 9.97 Å². The first-order valence-electron chi connectivity index (χ1n) is 6.50.